The number of benzene rings is 9. The van der Waals surface area contributed by atoms with Crippen LogP contribution < -0.4 is 0 Å². The molecule has 0 aliphatic heterocycles. The summed E-state index contributed by atoms with van der Waals surface area (Å²) < 4.78 is 38.9. The zero-order valence-electron chi connectivity index (χ0n) is 35.1. The lowest BCUT2D eigenvalue weighted by molar-refractivity contribution is 0.596. The van der Waals surface area contributed by atoms with E-state index >= 15 is 0 Å². The largest absolute Gasteiger partial charge is 0.456 e. The Kier molecular flexibility index (Phi) is 8.43. The molecule has 0 fully saturated rings. The molecule has 0 atom stereocenters. The predicted molar refractivity (Wildman–Crippen MR) is 264 cm³/mol. The summed E-state index contributed by atoms with van der Waals surface area (Å²) in [5, 5.41) is 6.42. The molecule has 0 radical (unpaired) electrons. The maximum absolute atomic E-state index is 14.2. The molecule has 66 heavy (non-hydrogen) atoms. The highest BCUT2D eigenvalue weighted by molar-refractivity contribution is 7.91. The van der Waals surface area contributed by atoms with E-state index in [0.717, 1.165) is 93.5 Å². The molecule has 0 saturated heterocycles. The minimum absolute atomic E-state index is 0.220. The van der Waals surface area contributed by atoms with Crippen LogP contribution in [0.1, 0.15) is 0 Å². The third-order valence-electron chi connectivity index (χ3n) is 12.6. The molecule has 0 saturated carbocycles. The van der Waals surface area contributed by atoms with Crippen LogP contribution in [0.4, 0.5) is 0 Å². The van der Waals surface area contributed by atoms with Crippen molar-refractivity contribution < 1.29 is 12.8 Å². The number of hydrogen-bond acceptors (Lipinski definition) is 6. The Labute approximate surface area is 378 Å². The summed E-state index contributed by atoms with van der Waals surface area (Å²) in [7, 11) is -3.84. The fourth-order valence-electron chi connectivity index (χ4n) is 9.47. The zero-order chi connectivity index (χ0) is 43.9. The number of para-hydroxylation sites is 3. The fourth-order valence-corrected chi connectivity index (χ4v) is 10.7. The first-order valence-corrected chi connectivity index (χ1v) is 23.2. The molecular weight excluding hydrogens is 835 g/mol. The van der Waals surface area contributed by atoms with Gasteiger partial charge in [-0.1, -0.05) is 133 Å². The van der Waals surface area contributed by atoms with Gasteiger partial charge in [0, 0.05) is 55.2 Å². The minimum atomic E-state index is -3.84. The van der Waals surface area contributed by atoms with Crippen molar-refractivity contribution in [3.63, 3.8) is 0 Å². The Morgan fingerprint density at radius 3 is 1.52 bits per heavy atom. The van der Waals surface area contributed by atoms with E-state index in [4.69, 9.17) is 19.4 Å². The van der Waals surface area contributed by atoms with Crippen LogP contribution in [0.25, 0.3) is 111 Å². The van der Waals surface area contributed by atoms with Crippen molar-refractivity contribution in [2.45, 2.75) is 9.79 Å². The van der Waals surface area contributed by atoms with Crippen LogP contribution in [0.5, 0.6) is 0 Å². The van der Waals surface area contributed by atoms with Crippen molar-refractivity contribution in [2.24, 2.45) is 0 Å². The van der Waals surface area contributed by atoms with E-state index in [1.807, 2.05) is 127 Å². The molecule has 4 heterocycles. The van der Waals surface area contributed by atoms with Crippen LogP contribution in [-0.4, -0.2) is 32.5 Å². The normalized spacial score (nSPS) is 12.1. The monoisotopic (exact) mass is 869 g/mol. The molecule has 0 amide bonds. The van der Waals surface area contributed by atoms with Gasteiger partial charge >= 0.3 is 0 Å². The molecule has 8 nitrogen and oxygen atoms in total. The van der Waals surface area contributed by atoms with Crippen molar-refractivity contribution in [3.05, 3.63) is 212 Å². The molecule has 0 aliphatic carbocycles. The molecule has 312 valence electrons. The highest BCUT2D eigenvalue weighted by Gasteiger charge is 2.22. The molecule has 4 aromatic heterocycles. The lowest BCUT2D eigenvalue weighted by atomic mass is 10.0. The van der Waals surface area contributed by atoms with Crippen LogP contribution in [-0.2, 0) is 9.84 Å². The fraction of sp³-hybridized carbons (Fsp3) is 0. The number of rotatable bonds is 7. The van der Waals surface area contributed by atoms with Gasteiger partial charge in [-0.05, 0) is 83.9 Å². The summed E-state index contributed by atoms with van der Waals surface area (Å²) in [6, 6.07) is 69.4. The molecule has 0 aliphatic rings. The number of furan rings is 1. The lowest BCUT2D eigenvalue weighted by Crippen LogP contribution is -2.06. The Morgan fingerprint density at radius 2 is 0.864 bits per heavy atom. The summed E-state index contributed by atoms with van der Waals surface area (Å²) in [5.74, 6) is 1.69. The second kappa shape index (κ2) is 14.7. The predicted octanol–water partition coefficient (Wildman–Crippen LogP) is 13.8. The van der Waals surface area contributed by atoms with Crippen molar-refractivity contribution in [3.8, 4) is 45.5 Å². The van der Waals surface area contributed by atoms with Crippen LogP contribution in [0.3, 0.4) is 0 Å². The highest BCUT2D eigenvalue weighted by Crippen LogP contribution is 2.39. The topological polar surface area (TPSA) is 95.8 Å². The van der Waals surface area contributed by atoms with Crippen LogP contribution in [0, 0.1) is 0 Å². The van der Waals surface area contributed by atoms with E-state index in [9.17, 15) is 8.42 Å². The van der Waals surface area contributed by atoms with Crippen molar-refractivity contribution in [2.75, 3.05) is 0 Å². The van der Waals surface area contributed by atoms with E-state index in [1.54, 1.807) is 24.3 Å². The Bertz CT molecular complexity index is 4100. The standard InChI is InChI=1S/C57H35N5O3S/c63-66(64,42-30-26-40(27-31-42)61-49-20-10-7-18-44(49)47-34-48-45-19-9-12-22-53(45)65-54(48)35-52(47)61)41-28-23-36(24-29-41)39-25-32-51-46(33-39)43-17-8-11-21-50(43)62(51)57-59-55(37-13-3-1-4-14-37)58-56(60-57)38-15-5-2-6-16-38/h1-35H. The molecule has 13 aromatic rings. The first kappa shape index (κ1) is 37.9. The third kappa shape index (κ3) is 5.98. The Balaban J connectivity index is 0.848. The van der Waals surface area contributed by atoms with E-state index in [1.165, 1.54) is 0 Å². The summed E-state index contributed by atoms with van der Waals surface area (Å²) in [5.41, 5.74) is 10.1. The highest BCUT2D eigenvalue weighted by atomic mass is 32.2. The number of nitrogens with zero attached hydrogens (tertiary/aromatic N) is 5. The van der Waals surface area contributed by atoms with Crippen molar-refractivity contribution >= 4 is 75.4 Å². The average molecular weight is 870 g/mol. The molecule has 13 rings (SSSR count). The zero-order valence-corrected chi connectivity index (χ0v) is 35.9. The maximum atomic E-state index is 14.2. The first-order chi connectivity index (χ1) is 32.5. The number of aromatic nitrogens is 5. The van der Waals surface area contributed by atoms with E-state index in [2.05, 4.69) is 69.8 Å². The second-order valence-electron chi connectivity index (χ2n) is 16.4. The average Bonchev–Trinajstić information content (AvgIpc) is 4.03. The van der Waals surface area contributed by atoms with Crippen LogP contribution in [0.15, 0.2) is 227 Å². The van der Waals surface area contributed by atoms with Gasteiger partial charge in [0.1, 0.15) is 11.2 Å². The van der Waals surface area contributed by atoms with E-state index < -0.39 is 9.84 Å². The first-order valence-electron chi connectivity index (χ1n) is 21.7. The Hall–Kier alpha value is -8.66. The molecule has 0 N–H and O–H groups in total. The van der Waals surface area contributed by atoms with Gasteiger partial charge in [-0.2, -0.15) is 9.97 Å². The minimum Gasteiger partial charge on any atom is -0.456 e. The Morgan fingerprint density at radius 1 is 0.348 bits per heavy atom. The summed E-state index contributed by atoms with van der Waals surface area (Å²) in [4.78, 5) is 15.4. The van der Waals surface area contributed by atoms with Crippen molar-refractivity contribution in [1.29, 1.82) is 0 Å². The summed E-state index contributed by atoms with van der Waals surface area (Å²) in [6.45, 7) is 0. The molecular formula is C57H35N5O3S. The van der Waals surface area contributed by atoms with Gasteiger partial charge in [0.2, 0.25) is 15.8 Å². The van der Waals surface area contributed by atoms with Gasteiger partial charge in [-0.15, -0.1) is 0 Å². The van der Waals surface area contributed by atoms with Gasteiger partial charge in [0.05, 0.1) is 31.9 Å². The molecule has 9 heteroatoms. The summed E-state index contributed by atoms with van der Waals surface area (Å²) >= 11 is 0. The van der Waals surface area contributed by atoms with Crippen molar-refractivity contribution in [1.82, 2.24) is 24.1 Å². The smallest absolute Gasteiger partial charge is 0.238 e. The van der Waals surface area contributed by atoms with Gasteiger partial charge in [0.25, 0.3) is 0 Å². The molecule has 0 bridgehead atoms. The number of hydrogen-bond donors (Lipinski definition) is 0. The second-order valence-corrected chi connectivity index (χ2v) is 18.4. The van der Waals surface area contributed by atoms with E-state index in [0.29, 0.717) is 17.6 Å². The molecule has 0 spiro atoms. The number of fused-ring (bicyclic) bond motifs is 9. The summed E-state index contributed by atoms with van der Waals surface area (Å²) in [6.07, 6.45) is 0. The maximum Gasteiger partial charge on any atom is 0.238 e. The van der Waals surface area contributed by atoms with Gasteiger partial charge in [0.15, 0.2) is 11.6 Å². The van der Waals surface area contributed by atoms with Gasteiger partial charge in [-0.3, -0.25) is 4.57 Å². The third-order valence-corrected chi connectivity index (χ3v) is 14.4. The molecule has 0 unspecified atom stereocenters. The van der Waals surface area contributed by atoms with Crippen LogP contribution >= 0.6 is 0 Å². The van der Waals surface area contributed by atoms with Gasteiger partial charge < -0.3 is 8.98 Å². The SMILES string of the molecule is O=S(=O)(c1ccc(-c2ccc3c(c2)c2ccccc2n3-c2nc(-c3ccccc3)nc(-c3ccccc3)n2)cc1)c1ccc(-n2c3ccccc3c3cc4c(cc32)oc2ccccc24)cc1. The quantitative estimate of drug-likeness (QED) is 0.158. The lowest BCUT2D eigenvalue weighted by Gasteiger charge is -2.11. The van der Waals surface area contributed by atoms with E-state index in [-0.39, 0.29) is 9.79 Å². The number of sulfone groups is 1. The van der Waals surface area contributed by atoms with Gasteiger partial charge in [-0.25, -0.2) is 13.4 Å². The van der Waals surface area contributed by atoms with Crippen LogP contribution in [0.2, 0.25) is 0 Å². The molecule has 9 aromatic carbocycles.